The molecule has 0 bridgehead atoms. The third-order valence-electron chi connectivity index (χ3n) is 1.93. The van der Waals surface area contributed by atoms with Crippen molar-refractivity contribution in [3.05, 3.63) is 23.8 Å². The molecule has 0 spiro atoms. The van der Waals surface area contributed by atoms with Crippen LogP contribution in [0.1, 0.15) is 12.5 Å². The smallest absolute Gasteiger partial charge is 0.399 e. The van der Waals surface area contributed by atoms with Crippen LogP contribution in [0.5, 0.6) is 0 Å². The van der Waals surface area contributed by atoms with E-state index in [0.29, 0.717) is 6.54 Å². The van der Waals surface area contributed by atoms with Crippen LogP contribution in [0.15, 0.2) is 18.2 Å². The molecule has 1 aromatic rings. The summed E-state index contributed by atoms with van der Waals surface area (Å²) < 4.78 is 37.9. The predicted molar refractivity (Wildman–Crippen MR) is 58.6 cm³/mol. The third kappa shape index (κ3) is 3.54. The highest BCUT2D eigenvalue weighted by atomic mass is 19.4. The first-order chi connectivity index (χ1) is 7.84. The van der Waals surface area contributed by atoms with Crippen molar-refractivity contribution in [2.45, 2.75) is 13.1 Å². The van der Waals surface area contributed by atoms with E-state index >= 15 is 0 Å². The van der Waals surface area contributed by atoms with Crippen molar-refractivity contribution < 1.29 is 18.0 Å². The van der Waals surface area contributed by atoms with Gasteiger partial charge in [0.2, 0.25) is 0 Å². The maximum atomic E-state index is 12.6. The van der Waals surface area contributed by atoms with Gasteiger partial charge in [0.05, 0.1) is 11.3 Å². The van der Waals surface area contributed by atoms with E-state index in [-0.39, 0.29) is 11.4 Å². The Balaban J connectivity index is 3.03. The zero-order valence-electron chi connectivity index (χ0n) is 9.06. The van der Waals surface area contributed by atoms with Gasteiger partial charge in [-0.15, -0.1) is 0 Å². The molecular formula is C10H12F3N3O. The lowest BCUT2D eigenvalue weighted by molar-refractivity contribution is -0.136. The number of hydrogen-bond donors (Lipinski definition) is 3. The van der Waals surface area contributed by atoms with E-state index < -0.39 is 17.8 Å². The van der Waals surface area contributed by atoms with Gasteiger partial charge in [0.1, 0.15) is 0 Å². The lowest BCUT2D eigenvalue weighted by Crippen LogP contribution is -2.29. The highest BCUT2D eigenvalue weighted by Gasteiger charge is 2.34. The quantitative estimate of drug-likeness (QED) is 0.702. The SMILES string of the molecule is CCNC(=O)Nc1ccc(N)cc1C(F)(F)F. The standard InChI is InChI=1S/C10H12F3N3O/c1-2-15-9(17)16-8-4-3-6(14)5-7(8)10(11,12)13/h3-5H,2,14H2,1H3,(H2,15,16,17). The molecule has 1 aromatic carbocycles. The maximum absolute atomic E-state index is 12.6. The molecule has 0 saturated carbocycles. The number of nitrogens with one attached hydrogen (secondary N) is 2. The molecule has 0 unspecified atom stereocenters. The van der Waals surface area contributed by atoms with Crippen molar-refractivity contribution >= 4 is 17.4 Å². The van der Waals surface area contributed by atoms with Crippen LogP contribution in [0.25, 0.3) is 0 Å². The van der Waals surface area contributed by atoms with Crippen molar-refractivity contribution in [2.75, 3.05) is 17.6 Å². The first-order valence-corrected chi connectivity index (χ1v) is 4.86. The number of halogens is 3. The van der Waals surface area contributed by atoms with E-state index in [4.69, 9.17) is 5.73 Å². The largest absolute Gasteiger partial charge is 0.418 e. The third-order valence-corrected chi connectivity index (χ3v) is 1.93. The molecule has 0 radical (unpaired) electrons. The second-order valence-electron chi connectivity index (χ2n) is 3.29. The Kier molecular flexibility index (Phi) is 3.82. The number of carbonyl (C=O) groups excluding carboxylic acids is 1. The fraction of sp³-hybridized carbons (Fsp3) is 0.300. The van der Waals surface area contributed by atoms with Crippen LogP contribution in [-0.4, -0.2) is 12.6 Å². The van der Waals surface area contributed by atoms with Crippen LogP contribution in [0.4, 0.5) is 29.3 Å². The second-order valence-corrected chi connectivity index (χ2v) is 3.29. The normalized spacial score (nSPS) is 11.1. The average Bonchev–Trinajstić information content (AvgIpc) is 2.19. The van der Waals surface area contributed by atoms with Gasteiger partial charge in [-0.05, 0) is 25.1 Å². The Morgan fingerprint density at radius 3 is 2.59 bits per heavy atom. The molecule has 0 atom stereocenters. The van der Waals surface area contributed by atoms with Crippen molar-refractivity contribution in [2.24, 2.45) is 0 Å². The van der Waals surface area contributed by atoms with Gasteiger partial charge >= 0.3 is 12.2 Å². The lowest BCUT2D eigenvalue weighted by Gasteiger charge is -2.14. The van der Waals surface area contributed by atoms with Gasteiger partial charge in [-0.25, -0.2) is 4.79 Å². The van der Waals surface area contributed by atoms with Gasteiger partial charge in [-0.2, -0.15) is 13.2 Å². The van der Waals surface area contributed by atoms with E-state index in [0.717, 1.165) is 12.1 Å². The molecule has 4 nitrogen and oxygen atoms in total. The molecule has 0 heterocycles. The van der Waals surface area contributed by atoms with Crippen LogP contribution in [0.2, 0.25) is 0 Å². The van der Waals surface area contributed by atoms with Crippen molar-refractivity contribution in [1.82, 2.24) is 5.32 Å². The van der Waals surface area contributed by atoms with Gasteiger partial charge in [0, 0.05) is 12.2 Å². The molecule has 94 valence electrons. The average molecular weight is 247 g/mol. The minimum absolute atomic E-state index is 0.0150. The van der Waals surface area contributed by atoms with E-state index in [9.17, 15) is 18.0 Å². The molecule has 1 rings (SSSR count). The number of benzene rings is 1. The summed E-state index contributed by atoms with van der Waals surface area (Å²) in [6, 6.07) is 2.49. The Bertz CT molecular complexity index is 418. The molecule has 0 saturated heterocycles. The fourth-order valence-electron chi connectivity index (χ4n) is 1.23. The van der Waals surface area contributed by atoms with Gasteiger partial charge < -0.3 is 16.4 Å². The number of urea groups is 1. The number of nitrogens with two attached hydrogens (primary N) is 1. The highest BCUT2D eigenvalue weighted by molar-refractivity contribution is 5.90. The molecule has 0 fully saturated rings. The summed E-state index contributed by atoms with van der Waals surface area (Å²) in [4.78, 5) is 11.2. The van der Waals surface area contributed by atoms with E-state index in [1.165, 1.54) is 6.07 Å². The molecule has 7 heteroatoms. The zero-order valence-corrected chi connectivity index (χ0v) is 9.06. The number of amides is 2. The topological polar surface area (TPSA) is 67.2 Å². The molecule has 0 aliphatic rings. The van der Waals surface area contributed by atoms with Crippen LogP contribution < -0.4 is 16.4 Å². The first kappa shape index (κ1) is 13.1. The monoisotopic (exact) mass is 247 g/mol. The Morgan fingerprint density at radius 2 is 2.06 bits per heavy atom. The number of anilines is 2. The van der Waals surface area contributed by atoms with Crippen molar-refractivity contribution in [3.8, 4) is 0 Å². The fourth-order valence-corrected chi connectivity index (χ4v) is 1.23. The highest BCUT2D eigenvalue weighted by Crippen LogP contribution is 2.35. The van der Waals surface area contributed by atoms with Gasteiger partial charge in [-0.3, -0.25) is 0 Å². The summed E-state index contributed by atoms with van der Waals surface area (Å²) in [6.45, 7) is 1.98. The molecule has 4 N–H and O–H groups in total. The molecule has 0 aromatic heterocycles. The lowest BCUT2D eigenvalue weighted by atomic mass is 10.1. The summed E-state index contributed by atoms with van der Waals surface area (Å²) in [5.41, 5.74) is 3.98. The van der Waals surface area contributed by atoms with E-state index in [1.54, 1.807) is 6.92 Å². The Morgan fingerprint density at radius 1 is 1.41 bits per heavy atom. The second kappa shape index (κ2) is 4.94. The van der Waals surface area contributed by atoms with Crippen LogP contribution in [-0.2, 0) is 6.18 Å². The number of carbonyl (C=O) groups is 1. The summed E-state index contributed by atoms with van der Waals surface area (Å²) in [6.07, 6.45) is -4.57. The minimum Gasteiger partial charge on any atom is -0.399 e. The molecule has 0 aliphatic carbocycles. The Hall–Kier alpha value is -1.92. The van der Waals surface area contributed by atoms with E-state index in [1.807, 2.05) is 0 Å². The maximum Gasteiger partial charge on any atom is 0.418 e. The molecule has 17 heavy (non-hydrogen) atoms. The summed E-state index contributed by atoms with van der Waals surface area (Å²) in [5.74, 6) is 0. The zero-order chi connectivity index (χ0) is 13.1. The number of rotatable bonds is 2. The van der Waals surface area contributed by atoms with Crippen LogP contribution in [0, 0.1) is 0 Å². The number of alkyl halides is 3. The Labute approximate surface area is 96.0 Å². The summed E-state index contributed by atoms with van der Waals surface area (Å²) in [7, 11) is 0. The summed E-state index contributed by atoms with van der Waals surface area (Å²) in [5, 5.41) is 4.46. The van der Waals surface area contributed by atoms with Gasteiger partial charge in [0.25, 0.3) is 0 Å². The number of hydrogen-bond acceptors (Lipinski definition) is 2. The van der Waals surface area contributed by atoms with E-state index in [2.05, 4.69) is 10.6 Å². The minimum atomic E-state index is -4.57. The molecule has 2 amide bonds. The van der Waals surface area contributed by atoms with Gasteiger partial charge in [0.15, 0.2) is 0 Å². The van der Waals surface area contributed by atoms with Crippen molar-refractivity contribution in [3.63, 3.8) is 0 Å². The number of nitrogen functional groups attached to an aromatic ring is 1. The van der Waals surface area contributed by atoms with Crippen molar-refractivity contribution in [1.29, 1.82) is 0 Å². The van der Waals surface area contributed by atoms with Gasteiger partial charge in [-0.1, -0.05) is 0 Å². The first-order valence-electron chi connectivity index (χ1n) is 4.86. The molecular weight excluding hydrogens is 235 g/mol. The summed E-state index contributed by atoms with van der Waals surface area (Å²) >= 11 is 0. The molecule has 0 aliphatic heterocycles. The van der Waals surface area contributed by atoms with Crippen LogP contribution in [0.3, 0.4) is 0 Å². The van der Waals surface area contributed by atoms with Crippen LogP contribution >= 0.6 is 0 Å². The predicted octanol–water partition coefficient (Wildman–Crippen LogP) is 2.43.